The van der Waals surface area contributed by atoms with Gasteiger partial charge in [0.1, 0.15) is 5.75 Å². The van der Waals surface area contributed by atoms with E-state index in [-0.39, 0.29) is 16.6 Å². The van der Waals surface area contributed by atoms with Crippen LogP contribution in [0.3, 0.4) is 0 Å². The lowest BCUT2D eigenvalue weighted by atomic mass is 10.0. The van der Waals surface area contributed by atoms with Crippen LogP contribution in [-0.4, -0.2) is 21.1 Å². The van der Waals surface area contributed by atoms with E-state index in [1.54, 1.807) is 30.3 Å². The fourth-order valence-corrected chi connectivity index (χ4v) is 4.84. The van der Waals surface area contributed by atoms with E-state index in [2.05, 4.69) is 0 Å². The number of phenolic OH excluding ortho intramolecular Hbond substituents is 1. The average Bonchev–Trinajstić information content (AvgIpc) is 2.54. The molecular weight excluding hydrogens is 368 g/mol. The van der Waals surface area contributed by atoms with E-state index >= 15 is 0 Å². The lowest BCUT2D eigenvalue weighted by molar-refractivity contribution is -0.149. The summed E-state index contributed by atoms with van der Waals surface area (Å²) >= 11 is 12.1. The van der Waals surface area contributed by atoms with Gasteiger partial charge < -0.3 is 15.7 Å². The third-order valence-corrected chi connectivity index (χ3v) is 6.13. The second-order valence-electron chi connectivity index (χ2n) is 5.02. The summed E-state index contributed by atoms with van der Waals surface area (Å²) < 4.78 is 0. The predicted octanol–water partition coefficient (Wildman–Crippen LogP) is 2.46. The Morgan fingerprint density at radius 3 is 2.38 bits per heavy atom. The van der Waals surface area contributed by atoms with Gasteiger partial charge in [-0.3, -0.25) is 4.79 Å². The molecule has 2 rings (SSSR count). The third kappa shape index (κ3) is 3.73. The lowest BCUT2D eigenvalue weighted by Gasteiger charge is -2.14. The monoisotopic (exact) mass is 383 g/mol. The van der Waals surface area contributed by atoms with Crippen molar-refractivity contribution in [2.45, 2.75) is 18.2 Å². The molecule has 0 aliphatic carbocycles. The minimum absolute atomic E-state index is 0.0570. The number of hydrogen-bond donors (Lipinski definition) is 2. The van der Waals surface area contributed by atoms with Gasteiger partial charge in [0.05, 0.1) is 13.3 Å². The Kier molecular flexibility index (Phi) is 6.25. The molecule has 7 heteroatoms. The van der Waals surface area contributed by atoms with Crippen LogP contribution in [0.1, 0.15) is 28.4 Å². The number of hydrogen-bond acceptors (Lipinski definition) is 3. The summed E-state index contributed by atoms with van der Waals surface area (Å²) in [5.74, 6) is -0.603. The van der Waals surface area contributed by atoms with E-state index in [1.165, 1.54) is 12.1 Å². The number of halogens is 2. The van der Waals surface area contributed by atoms with E-state index in [0.717, 1.165) is 0 Å². The number of rotatable bonds is 5. The van der Waals surface area contributed by atoms with E-state index in [0.29, 0.717) is 22.9 Å². The van der Waals surface area contributed by atoms with Gasteiger partial charge in [0.25, 0.3) is 0 Å². The molecule has 0 radical (unpaired) electrons. The van der Waals surface area contributed by atoms with Gasteiger partial charge in [-0.2, -0.15) is 0 Å². The van der Waals surface area contributed by atoms with Crippen molar-refractivity contribution in [3.05, 3.63) is 59.2 Å². The van der Waals surface area contributed by atoms with Crippen LogP contribution in [0.25, 0.3) is 0 Å². The average molecular weight is 384 g/mol. The summed E-state index contributed by atoms with van der Waals surface area (Å²) in [5, 5.41) is 10.6. The summed E-state index contributed by atoms with van der Waals surface area (Å²) in [6.45, 7) is 1.84. The fraction of sp³-hybridized carbons (Fsp3) is 0.176. The molecule has 0 spiro atoms. The maximum Gasteiger partial charge on any atom is 0.249 e. The Balaban J connectivity index is 2.79. The molecule has 0 aromatic heterocycles. The van der Waals surface area contributed by atoms with Gasteiger partial charge in [-0.05, 0) is 30.7 Å². The molecule has 2 aromatic carbocycles. The highest BCUT2D eigenvalue weighted by molar-refractivity contribution is 7.61. The van der Waals surface area contributed by atoms with Gasteiger partial charge in [0.2, 0.25) is 5.91 Å². The molecule has 0 heterocycles. The summed E-state index contributed by atoms with van der Waals surface area (Å²) in [6, 6.07) is 11.3. The van der Waals surface area contributed by atoms with Crippen LogP contribution in [-0.2, 0) is 6.42 Å². The van der Waals surface area contributed by atoms with Crippen LogP contribution >= 0.6 is 31.0 Å². The highest BCUT2D eigenvalue weighted by Crippen LogP contribution is 2.30. The fourth-order valence-electron chi connectivity index (χ4n) is 2.48. The van der Waals surface area contributed by atoms with Gasteiger partial charge in [-0.1, -0.05) is 48.3 Å². The molecule has 0 saturated carbocycles. The number of phenols is 1. The van der Waals surface area contributed by atoms with Crippen molar-refractivity contribution in [1.29, 1.82) is 0 Å². The molecule has 2 aromatic rings. The third-order valence-electron chi connectivity index (χ3n) is 3.59. The molecule has 0 aliphatic rings. The minimum atomic E-state index is -2.20. The Bertz CT molecular complexity index is 806. The zero-order valence-corrected chi connectivity index (χ0v) is 15.3. The number of benzene rings is 2. The lowest BCUT2D eigenvalue weighted by Crippen LogP contribution is -2.24. The molecule has 0 bridgehead atoms. The number of carbonyl (C=O) groups is 1. The van der Waals surface area contributed by atoms with Crippen molar-refractivity contribution < 1.29 is 14.8 Å². The molecule has 3 N–H and O–H groups in total. The van der Waals surface area contributed by atoms with E-state index < -0.39 is 18.5 Å². The highest BCUT2D eigenvalue weighted by Gasteiger charge is 2.27. The molecule has 1 amide bonds. The number of carbonyl (C=O) groups excluding carboxylic acids is 1. The van der Waals surface area contributed by atoms with Gasteiger partial charge in [-0.25, -0.2) is 0 Å². The molecule has 1 unspecified atom stereocenters. The Morgan fingerprint density at radius 1 is 1.21 bits per heavy atom. The highest BCUT2D eigenvalue weighted by atomic mass is 35.5. The largest absolute Gasteiger partial charge is 0.626 e. The molecule has 0 fully saturated rings. The van der Waals surface area contributed by atoms with Crippen molar-refractivity contribution in [2.75, 3.05) is 0 Å². The summed E-state index contributed by atoms with van der Waals surface area (Å²) in [6.07, 6.45) is 0.489. The quantitative estimate of drug-likeness (QED) is 0.614. The second-order valence-corrected chi connectivity index (χ2v) is 7.67. The van der Waals surface area contributed by atoms with Crippen LogP contribution in [0, 0.1) is 0 Å². The first-order chi connectivity index (χ1) is 11.4. The first-order valence-electron chi connectivity index (χ1n) is 7.20. The molecular formula is C17H16Cl2NO3P. The number of aromatic hydroxyl groups is 1. The molecule has 24 heavy (non-hydrogen) atoms. The molecule has 4 nitrogen and oxygen atoms in total. The zero-order valence-electron chi connectivity index (χ0n) is 12.9. The van der Waals surface area contributed by atoms with Crippen LogP contribution in [0.5, 0.6) is 5.75 Å². The molecule has 0 saturated heterocycles. The van der Waals surface area contributed by atoms with Gasteiger partial charge in [0, 0.05) is 11.1 Å². The van der Waals surface area contributed by atoms with E-state index in [4.69, 9.17) is 28.9 Å². The first kappa shape index (κ1) is 18.8. The summed E-state index contributed by atoms with van der Waals surface area (Å²) in [4.78, 5) is 23.7. The smallest absolute Gasteiger partial charge is 0.249 e. The molecule has 0 aliphatic heterocycles. The number of alkyl halides is 2. The van der Waals surface area contributed by atoms with Gasteiger partial charge in [0.15, 0.2) is 15.4 Å². The Morgan fingerprint density at radius 2 is 1.83 bits per heavy atom. The Labute approximate surface area is 151 Å². The maximum atomic E-state index is 13.2. The SMILES string of the molecule is CCc1c(O)cccc1/[P+]([O-])=C(/c1ccccc1C(N)=O)C(Cl)Cl. The second kappa shape index (κ2) is 8.00. The number of nitrogens with two attached hydrogens (primary N) is 1. The van der Waals surface area contributed by atoms with Crippen molar-refractivity contribution in [3.63, 3.8) is 0 Å². The minimum Gasteiger partial charge on any atom is -0.626 e. The predicted molar refractivity (Wildman–Crippen MR) is 98.6 cm³/mol. The van der Waals surface area contributed by atoms with Crippen molar-refractivity contribution in [2.24, 2.45) is 5.73 Å². The standard InChI is InChI=1S/C17H16Cl2NO3P/c1-2-10-13(21)8-5-9-14(10)24(23)15(16(18)19)11-6-3-4-7-12(11)17(20)22/h3-9,16,21H,2H2,1H3,(H2,20,22). The van der Waals surface area contributed by atoms with Crippen molar-refractivity contribution >= 4 is 47.5 Å². The topological polar surface area (TPSA) is 86.4 Å². The molecule has 1 atom stereocenters. The van der Waals surface area contributed by atoms with Crippen LogP contribution in [0.2, 0.25) is 0 Å². The van der Waals surface area contributed by atoms with E-state index in [1.807, 2.05) is 6.92 Å². The van der Waals surface area contributed by atoms with Crippen molar-refractivity contribution in [3.8, 4) is 5.75 Å². The molecule has 126 valence electrons. The maximum absolute atomic E-state index is 13.2. The van der Waals surface area contributed by atoms with E-state index in [9.17, 15) is 14.8 Å². The van der Waals surface area contributed by atoms with Crippen LogP contribution in [0.15, 0.2) is 42.5 Å². The van der Waals surface area contributed by atoms with Crippen molar-refractivity contribution in [1.82, 2.24) is 0 Å². The van der Waals surface area contributed by atoms with Crippen LogP contribution in [0.4, 0.5) is 0 Å². The number of primary amides is 1. The zero-order chi connectivity index (χ0) is 17.9. The first-order valence-corrected chi connectivity index (χ1v) is 9.34. The van der Waals surface area contributed by atoms with Gasteiger partial charge in [-0.15, -0.1) is 0 Å². The Hall–Kier alpha value is -1.58. The van der Waals surface area contributed by atoms with Gasteiger partial charge >= 0.3 is 0 Å². The number of amides is 1. The van der Waals surface area contributed by atoms with Crippen LogP contribution < -0.4 is 15.9 Å². The summed E-state index contributed by atoms with van der Waals surface area (Å²) in [5.41, 5.74) is 6.50. The summed E-state index contributed by atoms with van der Waals surface area (Å²) in [7, 11) is -2.20. The normalized spacial score (nSPS) is 12.2.